The summed E-state index contributed by atoms with van der Waals surface area (Å²) in [7, 11) is 0. The van der Waals surface area contributed by atoms with Crippen LogP contribution in [0.1, 0.15) is 31.1 Å². The normalized spacial score (nSPS) is 13.2. The van der Waals surface area contributed by atoms with E-state index in [0.29, 0.717) is 5.56 Å². The zero-order valence-corrected chi connectivity index (χ0v) is 11.6. The van der Waals surface area contributed by atoms with Gasteiger partial charge in [0.25, 0.3) is 5.91 Å². The van der Waals surface area contributed by atoms with Gasteiger partial charge in [0.15, 0.2) is 0 Å². The SMILES string of the molecule is CC(C)(C)[C@H](NC(=O)c1ccc2nc[nH]c2c1)C(=O)O. The van der Waals surface area contributed by atoms with Crippen LogP contribution in [0.25, 0.3) is 11.0 Å². The van der Waals surface area contributed by atoms with Crippen molar-refractivity contribution in [3.63, 3.8) is 0 Å². The van der Waals surface area contributed by atoms with Crippen LogP contribution >= 0.6 is 0 Å². The third-order valence-electron chi connectivity index (χ3n) is 3.07. The molecule has 0 aliphatic rings. The third-order valence-corrected chi connectivity index (χ3v) is 3.07. The molecular formula is C14H17N3O3. The molecule has 0 saturated heterocycles. The molecule has 1 aromatic carbocycles. The number of carboxylic acids is 1. The molecule has 0 saturated carbocycles. The van der Waals surface area contributed by atoms with Crippen molar-refractivity contribution in [2.45, 2.75) is 26.8 Å². The predicted molar refractivity (Wildman–Crippen MR) is 74.4 cm³/mol. The molecule has 1 heterocycles. The number of amides is 1. The molecule has 3 N–H and O–H groups in total. The molecule has 0 radical (unpaired) electrons. The first-order valence-corrected chi connectivity index (χ1v) is 6.26. The molecule has 2 rings (SSSR count). The van der Waals surface area contributed by atoms with Crippen LogP contribution in [0.3, 0.4) is 0 Å². The summed E-state index contributed by atoms with van der Waals surface area (Å²) >= 11 is 0. The fourth-order valence-electron chi connectivity index (χ4n) is 1.94. The number of fused-ring (bicyclic) bond motifs is 1. The molecule has 1 atom stereocenters. The summed E-state index contributed by atoms with van der Waals surface area (Å²) in [6, 6.07) is 4.04. The lowest BCUT2D eigenvalue weighted by Gasteiger charge is -2.27. The van der Waals surface area contributed by atoms with Crippen molar-refractivity contribution in [3.05, 3.63) is 30.1 Å². The van der Waals surface area contributed by atoms with E-state index in [1.807, 2.05) is 0 Å². The maximum atomic E-state index is 12.2. The number of carbonyl (C=O) groups excluding carboxylic acids is 1. The summed E-state index contributed by atoms with van der Waals surface area (Å²) < 4.78 is 0. The van der Waals surface area contributed by atoms with Crippen molar-refractivity contribution >= 4 is 22.9 Å². The van der Waals surface area contributed by atoms with Gasteiger partial charge in [-0.1, -0.05) is 20.8 Å². The largest absolute Gasteiger partial charge is 0.480 e. The molecule has 20 heavy (non-hydrogen) atoms. The van der Waals surface area contributed by atoms with Gasteiger partial charge in [0.05, 0.1) is 17.4 Å². The van der Waals surface area contributed by atoms with Crippen molar-refractivity contribution in [2.75, 3.05) is 0 Å². The number of hydrogen-bond acceptors (Lipinski definition) is 3. The minimum absolute atomic E-state index is 0.400. The Morgan fingerprint density at radius 2 is 2.05 bits per heavy atom. The summed E-state index contributed by atoms with van der Waals surface area (Å²) in [4.78, 5) is 30.4. The van der Waals surface area contributed by atoms with Gasteiger partial charge in [0, 0.05) is 5.56 Å². The van der Waals surface area contributed by atoms with Gasteiger partial charge < -0.3 is 15.4 Å². The fourth-order valence-corrected chi connectivity index (χ4v) is 1.94. The minimum atomic E-state index is -1.05. The lowest BCUT2D eigenvalue weighted by Crippen LogP contribution is -2.49. The topological polar surface area (TPSA) is 95.1 Å². The molecule has 2 aromatic rings. The molecule has 0 fully saturated rings. The van der Waals surface area contributed by atoms with E-state index < -0.39 is 23.3 Å². The second kappa shape index (κ2) is 4.96. The Morgan fingerprint density at radius 1 is 1.35 bits per heavy atom. The van der Waals surface area contributed by atoms with Gasteiger partial charge in [-0.25, -0.2) is 9.78 Å². The smallest absolute Gasteiger partial charge is 0.326 e. The lowest BCUT2D eigenvalue weighted by molar-refractivity contribution is -0.142. The van der Waals surface area contributed by atoms with Gasteiger partial charge >= 0.3 is 5.97 Å². The average molecular weight is 275 g/mol. The Kier molecular flexibility index (Phi) is 3.48. The highest BCUT2D eigenvalue weighted by atomic mass is 16.4. The molecule has 6 nitrogen and oxygen atoms in total. The second-order valence-electron chi connectivity index (χ2n) is 5.75. The van der Waals surface area contributed by atoms with Gasteiger partial charge in [-0.3, -0.25) is 4.79 Å². The number of aromatic amines is 1. The first kappa shape index (κ1) is 14.0. The van der Waals surface area contributed by atoms with E-state index in [1.165, 1.54) is 0 Å². The molecule has 0 aliphatic heterocycles. The molecule has 1 amide bonds. The van der Waals surface area contributed by atoms with Crippen molar-refractivity contribution in [1.29, 1.82) is 0 Å². The van der Waals surface area contributed by atoms with Crippen molar-refractivity contribution < 1.29 is 14.7 Å². The number of aliphatic carboxylic acids is 1. The van der Waals surface area contributed by atoms with Crippen LogP contribution in [0.5, 0.6) is 0 Å². The standard InChI is InChI=1S/C14H17N3O3/c1-14(2,3)11(13(19)20)17-12(18)8-4-5-9-10(6-8)16-7-15-9/h4-7,11H,1-3H3,(H,15,16)(H,17,18)(H,19,20)/t11-/m1/s1. The van der Waals surface area contributed by atoms with E-state index in [1.54, 1.807) is 45.3 Å². The predicted octanol–water partition coefficient (Wildman–Crippen LogP) is 1.79. The minimum Gasteiger partial charge on any atom is -0.480 e. The number of H-pyrrole nitrogens is 1. The van der Waals surface area contributed by atoms with Crippen molar-refractivity contribution in [2.24, 2.45) is 5.41 Å². The Balaban J connectivity index is 2.24. The number of nitrogens with one attached hydrogen (secondary N) is 2. The summed E-state index contributed by atoms with van der Waals surface area (Å²) in [6.07, 6.45) is 1.54. The quantitative estimate of drug-likeness (QED) is 0.795. The van der Waals surface area contributed by atoms with E-state index in [0.717, 1.165) is 11.0 Å². The van der Waals surface area contributed by atoms with Crippen LogP contribution in [0.15, 0.2) is 24.5 Å². The highest BCUT2D eigenvalue weighted by Crippen LogP contribution is 2.20. The number of benzene rings is 1. The first-order valence-electron chi connectivity index (χ1n) is 6.26. The number of hydrogen-bond donors (Lipinski definition) is 3. The molecule has 0 unspecified atom stereocenters. The van der Waals surface area contributed by atoms with Gasteiger partial charge in [-0.2, -0.15) is 0 Å². The van der Waals surface area contributed by atoms with Crippen LogP contribution in [0, 0.1) is 5.41 Å². The Bertz CT molecular complexity index is 655. The Hall–Kier alpha value is -2.37. The Labute approximate surface area is 116 Å². The van der Waals surface area contributed by atoms with E-state index in [-0.39, 0.29) is 0 Å². The number of aromatic nitrogens is 2. The van der Waals surface area contributed by atoms with E-state index in [4.69, 9.17) is 0 Å². The van der Waals surface area contributed by atoms with Gasteiger partial charge in [0.1, 0.15) is 6.04 Å². The summed E-state index contributed by atoms with van der Waals surface area (Å²) in [6.45, 7) is 5.30. The number of rotatable bonds is 3. The van der Waals surface area contributed by atoms with Crippen LogP contribution in [-0.4, -0.2) is 33.0 Å². The van der Waals surface area contributed by atoms with Crippen LogP contribution in [-0.2, 0) is 4.79 Å². The fraction of sp³-hybridized carbons (Fsp3) is 0.357. The van der Waals surface area contributed by atoms with E-state index >= 15 is 0 Å². The highest BCUT2D eigenvalue weighted by molar-refractivity contribution is 5.99. The van der Waals surface area contributed by atoms with Crippen molar-refractivity contribution in [1.82, 2.24) is 15.3 Å². The molecule has 1 aromatic heterocycles. The van der Waals surface area contributed by atoms with Crippen molar-refractivity contribution in [3.8, 4) is 0 Å². The molecule has 106 valence electrons. The third kappa shape index (κ3) is 2.79. The summed E-state index contributed by atoms with van der Waals surface area (Å²) in [5, 5.41) is 11.8. The van der Waals surface area contributed by atoms with Gasteiger partial charge in [-0.15, -0.1) is 0 Å². The average Bonchev–Trinajstić information content (AvgIpc) is 2.80. The molecule has 0 spiro atoms. The molecule has 0 bridgehead atoms. The maximum absolute atomic E-state index is 12.2. The number of nitrogens with zero attached hydrogens (tertiary/aromatic N) is 1. The number of carboxylic acid groups (broad SMARTS) is 1. The first-order chi connectivity index (χ1) is 9.29. The van der Waals surface area contributed by atoms with E-state index in [2.05, 4.69) is 15.3 Å². The van der Waals surface area contributed by atoms with Crippen LogP contribution in [0.2, 0.25) is 0 Å². The van der Waals surface area contributed by atoms with Gasteiger partial charge in [0.2, 0.25) is 0 Å². The summed E-state index contributed by atoms with van der Waals surface area (Å²) in [5.41, 5.74) is 1.32. The van der Waals surface area contributed by atoms with Gasteiger partial charge in [-0.05, 0) is 23.6 Å². The molecule has 6 heteroatoms. The zero-order chi connectivity index (χ0) is 14.9. The lowest BCUT2D eigenvalue weighted by atomic mass is 9.86. The number of imidazole rings is 1. The maximum Gasteiger partial charge on any atom is 0.326 e. The zero-order valence-electron chi connectivity index (χ0n) is 11.6. The summed E-state index contributed by atoms with van der Waals surface area (Å²) in [5.74, 6) is -1.46. The van der Waals surface area contributed by atoms with E-state index in [9.17, 15) is 14.7 Å². The monoisotopic (exact) mass is 275 g/mol. The second-order valence-corrected chi connectivity index (χ2v) is 5.75. The Morgan fingerprint density at radius 3 is 2.65 bits per heavy atom. The van der Waals surface area contributed by atoms with Crippen LogP contribution < -0.4 is 5.32 Å². The molecular weight excluding hydrogens is 258 g/mol. The molecule has 0 aliphatic carbocycles. The van der Waals surface area contributed by atoms with Crippen LogP contribution in [0.4, 0.5) is 0 Å². The number of carbonyl (C=O) groups is 2. The highest BCUT2D eigenvalue weighted by Gasteiger charge is 2.32.